The number of fused-ring (bicyclic) bond motifs is 2. The highest BCUT2D eigenvalue weighted by Crippen LogP contribution is 2.40. The van der Waals surface area contributed by atoms with Gasteiger partial charge in [0.15, 0.2) is 16.6 Å². The number of thiazole rings is 1. The average Bonchev–Trinajstić information content (AvgIpc) is 3.51. The first kappa shape index (κ1) is 23.8. The van der Waals surface area contributed by atoms with Crippen molar-refractivity contribution in [1.29, 1.82) is 0 Å². The van der Waals surface area contributed by atoms with Crippen LogP contribution in [0.25, 0.3) is 16.3 Å². The second kappa shape index (κ2) is 10.8. The van der Waals surface area contributed by atoms with Crippen LogP contribution in [0.5, 0.6) is 23.0 Å². The number of benzene rings is 2. The Kier molecular flexibility index (Phi) is 7.54. The van der Waals surface area contributed by atoms with E-state index in [0.717, 1.165) is 29.9 Å². The summed E-state index contributed by atoms with van der Waals surface area (Å²) in [5.74, 6) is 2.58. The molecular weight excluding hydrogens is 454 g/mol. The van der Waals surface area contributed by atoms with Gasteiger partial charge >= 0.3 is 0 Å². The van der Waals surface area contributed by atoms with E-state index in [2.05, 4.69) is 18.7 Å². The molecule has 0 N–H and O–H groups in total. The van der Waals surface area contributed by atoms with Crippen LogP contribution in [0.15, 0.2) is 36.4 Å². The van der Waals surface area contributed by atoms with Gasteiger partial charge in [-0.2, -0.15) is 0 Å². The van der Waals surface area contributed by atoms with Gasteiger partial charge < -0.3 is 23.8 Å². The first-order valence-electron chi connectivity index (χ1n) is 11.2. The van der Waals surface area contributed by atoms with E-state index in [4.69, 9.17) is 23.9 Å². The number of methoxy groups -OCH3 is 2. The summed E-state index contributed by atoms with van der Waals surface area (Å²) in [6.45, 7) is 7.51. The summed E-state index contributed by atoms with van der Waals surface area (Å²) in [6.07, 6.45) is 3.35. The van der Waals surface area contributed by atoms with Crippen molar-refractivity contribution in [2.75, 3.05) is 52.1 Å². The second-order valence-electron chi connectivity index (χ2n) is 7.61. The number of carbonyl (C=O) groups is 1. The lowest BCUT2D eigenvalue weighted by Crippen LogP contribution is -2.38. The molecule has 3 aromatic rings. The van der Waals surface area contributed by atoms with E-state index in [0.29, 0.717) is 40.2 Å². The Balaban J connectivity index is 1.65. The molecule has 9 heteroatoms. The van der Waals surface area contributed by atoms with Crippen molar-refractivity contribution < 1.29 is 23.7 Å². The molecule has 0 saturated carbocycles. The lowest BCUT2D eigenvalue weighted by molar-refractivity contribution is -0.114. The Labute approximate surface area is 203 Å². The lowest BCUT2D eigenvalue weighted by atomic mass is 10.2. The summed E-state index contributed by atoms with van der Waals surface area (Å²) in [7, 11) is 3.23. The van der Waals surface area contributed by atoms with E-state index >= 15 is 0 Å². The van der Waals surface area contributed by atoms with Gasteiger partial charge in [-0.3, -0.25) is 9.69 Å². The smallest absolute Gasteiger partial charge is 0.252 e. The molecule has 34 heavy (non-hydrogen) atoms. The summed E-state index contributed by atoms with van der Waals surface area (Å²) < 4.78 is 22.7. The molecule has 8 nitrogen and oxygen atoms in total. The highest BCUT2D eigenvalue weighted by atomic mass is 32.1. The minimum Gasteiger partial charge on any atom is -0.495 e. The molecule has 4 rings (SSSR count). The third-order valence-electron chi connectivity index (χ3n) is 5.75. The summed E-state index contributed by atoms with van der Waals surface area (Å²) in [5, 5.41) is 0.602. The zero-order valence-electron chi connectivity index (χ0n) is 19.9. The minimum atomic E-state index is -0.151. The number of hydrogen-bond donors (Lipinski definition) is 0. The van der Waals surface area contributed by atoms with Gasteiger partial charge in [-0.1, -0.05) is 31.3 Å². The molecule has 1 amide bonds. The normalized spacial score (nSPS) is 12.6. The Morgan fingerprint density at radius 2 is 1.79 bits per heavy atom. The molecule has 0 atom stereocenters. The number of amides is 1. The third kappa shape index (κ3) is 4.95. The third-order valence-corrected chi connectivity index (χ3v) is 6.84. The Hall–Kier alpha value is -3.30. The predicted molar refractivity (Wildman–Crippen MR) is 134 cm³/mol. The van der Waals surface area contributed by atoms with Crippen LogP contribution in [-0.2, 0) is 4.79 Å². The number of aromatic nitrogens is 1. The van der Waals surface area contributed by atoms with Gasteiger partial charge in [0.25, 0.3) is 5.91 Å². The van der Waals surface area contributed by atoms with Gasteiger partial charge in [0.05, 0.1) is 14.2 Å². The second-order valence-corrected chi connectivity index (χ2v) is 8.58. The van der Waals surface area contributed by atoms with Crippen molar-refractivity contribution in [2.24, 2.45) is 0 Å². The lowest BCUT2D eigenvalue weighted by Gasteiger charge is -2.23. The van der Waals surface area contributed by atoms with E-state index in [1.54, 1.807) is 31.3 Å². The molecule has 1 aliphatic rings. The van der Waals surface area contributed by atoms with Crippen molar-refractivity contribution in [3.8, 4) is 23.0 Å². The quantitative estimate of drug-likeness (QED) is 0.395. The fourth-order valence-corrected chi connectivity index (χ4v) is 4.85. The van der Waals surface area contributed by atoms with Crippen LogP contribution in [0, 0.1) is 0 Å². The molecule has 2 heterocycles. The number of anilines is 1. The number of ether oxygens (including phenoxy) is 4. The zero-order chi connectivity index (χ0) is 24.1. The molecule has 0 bridgehead atoms. The summed E-state index contributed by atoms with van der Waals surface area (Å²) >= 11 is 1.42. The highest BCUT2D eigenvalue weighted by molar-refractivity contribution is 7.22. The monoisotopic (exact) mass is 483 g/mol. The number of carbonyl (C=O) groups excluding carboxylic acids is 1. The van der Waals surface area contributed by atoms with E-state index in [-0.39, 0.29) is 12.7 Å². The molecule has 0 spiro atoms. The first-order valence-corrected chi connectivity index (χ1v) is 12.0. The molecule has 0 radical (unpaired) electrons. The summed E-state index contributed by atoms with van der Waals surface area (Å²) in [6, 6.07) is 9.28. The van der Waals surface area contributed by atoms with E-state index in [1.807, 2.05) is 30.3 Å². The van der Waals surface area contributed by atoms with Gasteiger partial charge in [0, 0.05) is 19.2 Å². The van der Waals surface area contributed by atoms with Gasteiger partial charge in [-0.15, -0.1) is 0 Å². The highest BCUT2D eigenvalue weighted by Gasteiger charge is 2.22. The predicted octanol–water partition coefficient (Wildman–Crippen LogP) is 4.43. The van der Waals surface area contributed by atoms with Crippen LogP contribution in [0.1, 0.15) is 19.4 Å². The van der Waals surface area contributed by atoms with Crippen LogP contribution < -0.4 is 23.8 Å². The maximum atomic E-state index is 13.4. The maximum Gasteiger partial charge on any atom is 0.252 e. The first-order chi connectivity index (χ1) is 16.6. The fraction of sp³-hybridized carbons (Fsp3) is 0.360. The van der Waals surface area contributed by atoms with Gasteiger partial charge in [-0.25, -0.2) is 4.98 Å². The van der Waals surface area contributed by atoms with Crippen molar-refractivity contribution in [1.82, 2.24) is 9.88 Å². The van der Waals surface area contributed by atoms with E-state index in [1.165, 1.54) is 11.3 Å². The van der Waals surface area contributed by atoms with Crippen LogP contribution in [0.2, 0.25) is 0 Å². The summed E-state index contributed by atoms with van der Waals surface area (Å²) in [4.78, 5) is 22.2. The van der Waals surface area contributed by atoms with E-state index in [9.17, 15) is 4.79 Å². The number of rotatable bonds is 10. The zero-order valence-corrected chi connectivity index (χ0v) is 20.7. The molecule has 2 aromatic carbocycles. The molecule has 0 aliphatic carbocycles. The molecule has 180 valence electrons. The molecular formula is C25H29N3O5S. The van der Waals surface area contributed by atoms with Crippen molar-refractivity contribution in [3.63, 3.8) is 0 Å². The molecule has 1 aromatic heterocycles. The molecule has 0 saturated heterocycles. The topological polar surface area (TPSA) is 73.4 Å². The standard InChI is InChI=1S/C25H29N3O5S/c1-5-27(6-2)13-14-28(22(29)12-8-17-7-9-18-21(15-17)33-16-32-18)25-26-23-19(30-3)10-11-20(31-4)24(23)34-25/h7-12,15H,5-6,13-14,16H2,1-4H3/b12-8+. The van der Waals surface area contributed by atoms with Crippen LogP contribution >= 0.6 is 11.3 Å². The van der Waals surface area contributed by atoms with Crippen molar-refractivity contribution in [2.45, 2.75) is 13.8 Å². The van der Waals surface area contributed by atoms with Crippen LogP contribution in [-0.4, -0.2) is 63.0 Å². The minimum absolute atomic E-state index is 0.151. The Morgan fingerprint density at radius 3 is 2.53 bits per heavy atom. The van der Waals surface area contributed by atoms with Crippen molar-refractivity contribution >= 4 is 38.7 Å². The Morgan fingerprint density at radius 1 is 1.06 bits per heavy atom. The summed E-state index contributed by atoms with van der Waals surface area (Å²) in [5.41, 5.74) is 1.54. The van der Waals surface area contributed by atoms with Crippen LogP contribution in [0.4, 0.5) is 5.13 Å². The maximum absolute atomic E-state index is 13.4. The van der Waals surface area contributed by atoms with Gasteiger partial charge in [0.2, 0.25) is 6.79 Å². The molecule has 1 aliphatic heterocycles. The fourth-order valence-electron chi connectivity index (χ4n) is 3.75. The largest absolute Gasteiger partial charge is 0.495 e. The van der Waals surface area contributed by atoms with Gasteiger partial charge in [-0.05, 0) is 49.0 Å². The number of nitrogens with zero attached hydrogens (tertiary/aromatic N) is 3. The number of likely N-dealkylation sites (N-methyl/N-ethyl adjacent to an activating group) is 1. The molecule has 0 unspecified atom stereocenters. The van der Waals surface area contributed by atoms with E-state index < -0.39 is 0 Å². The average molecular weight is 484 g/mol. The van der Waals surface area contributed by atoms with Crippen molar-refractivity contribution in [3.05, 3.63) is 42.0 Å². The Bertz CT molecular complexity index is 1150. The number of hydrogen-bond acceptors (Lipinski definition) is 8. The molecule has 0 fully saturated rings. The SMILES string of the molecule is CCN(CC)CCN(C(=O)/C=C/c1ccc2c(c1)OCO2)c1nc2c(OC)ccc(OC)c2s1. The van der Waals surface area contributed by atoms with Gasteiger partial charge in [0.1, 0.15) is 21.7 Å². The van der Waals surface area contributed by atoms with Crippen LogP contribution in [0.3, 0.4) is 0 Å².